The Kier molecular flexibility index (Phi) is 3.46. The minimum absolute atomic E-state index is 0.477. The maximum atomic E-state index is 10.6. The molecule has 0 aromatic heterocycles. The Morgan fingerprint density at radius 3 is 2.69 bits per heavy atom. The Morgan fingerprint density at radius 2 is 2.08 bits per heavy atom. The lowest BCUT2D eigenvalue weighted by Crippen LogP contribution is -2.18. The summed E-state index contributed by atoms with van der Waals surface area (Å²) in [5, 5.41) is 0. The van der Waals surface area contributed by atoms with Gasteiger partial charge in [0.25, 0.3) is 0 Å². The lowest BCUT2D eigenvalue weighted by molar-refractivity contribution is 0.111. The number of nitrogens with zero attached hydrogens (tertiary/aromatic N) is 1. The number of carbonyl (C=O) groups is 1. The van der Waals surface area contributed by atoms with Crippen molar-refractivity contribution in [3.63, 3.8) is 0 Å². The SMILES string of the molecule is CN(C)COc1ccccc1C=O. The zero-order valence-corrected chi connectivity index (χ0v) is 7.86. The summed E-state index contributed by atoms with van der Waals surface area (Å²) in [6.07, 6.45) is 0.797. The van der Waals surface area contributed by atoms with Crippen LogP contribution < -0.4 is 4.74 Å². The molecule has 0 bridgehead atoms. The first kappa shape index (κ1) is 9.74. The monoisotopic (exact) mass is 179 g/mol. The number of para-hydroxylation sites is 1. The Balaban J connectivity index is 2.69. The van der Waals surface area contributed by atoms with Gasteiger partial charge in [0.1, 0.15) is 12.5 Å². The standard InChI is InChI=1S/C10H13NO2/c1-11(2)8-13-10-6-4-3-5-9(10)7-12/h3-7H,8H2,1-2H3. The Labute approximate surface area is 77.9 Å². The van der Waals surface area contributed by atoms with Gasteiger partial charge in [-0.15, -0.1) is 0 Å². The van der Waals surface area contributed by atoms with E-state index in [0.717, 1.165) is 6.29 Å². The molecule has 0 fully saturated rings. The van der Waals surface area contributed by atoms with Crippen LogP contribution in [-0.2, 0) is 0 Å². The van der Waals surface area contributed by atoms with Crippen LogP contribution in [0.3, 0.4) is 0 Å². The molecule has 0 aliphatic rings. The molecule has 1 rings (SSSR count). The molecule has 0 saturated heterocycles. The highest BCUT2D eigenvalue weighted by Gasteiger charge is 2.00. The molecule has 0 saturated carbocycles. The summed E-state index contributed by atoms with van der Waals surface area (Å²) in [5.74, 6) is 0.631. The number of carbonyl (C=O) groups excluding carboxylic acids is 1. The van der Waals surface area contributed by atoms with Crippen molar-refractivity contribution in [2.75, 3.05) is 20.8 Å². The molecule has 3 nitrogen and oxygen atoms in total. The van der Waals surface area contributed by atoms with Gasteiger partial charge in [-0.05, 0) is 26.2 Å². The molecule has 0 aliphatic heterocycles. The van der Waals surface area contributed by atoms with Crippen molar-refractivity contribution < 1.29 is 9.53 Å². The fourth-order valence-corrected chi connectivity index (χ4v) is 0.908. The number of hydrogen-bond acceptors (Lipinski definition) is 3. The second-order valence-electron chi connectivity index (χ2n) is 3.01. The number of aldehydes is 1. The summed E-state index contributed by atoms with van der Waals surface area (Å²) in [6.45, 7) is 0.477. The quantitative estimate of drug-likeness (QED) is 0.517. The summed E-state index contributed by atoms with van der Waals surface area (Å²) < 4.78 is 5.38. The molecule has 0 spiro atoms. The first-order chi connectivity index (χ1) is 6.24. The third-order valence-corrected chi connectivity index (χ3v) is 1.52. The van der Waals surface area contributed by atoms with E-state index < -0.39 is 0 Å². The Morgan fingerprint density at radius 1 is 1.38 bits per heavy atom. The van der Waals surface area contributed by atoms with E-state index in [0.29, 0.717) is 18.0 Å². The van der Waals surface area contributed by atoms with Crippen molar-refractivity contribution in [1.82, 2.24) is 4.90 Å². The van der Waals surface area contributed by atoms with Crippen molar-refractivity contribution in [1.29, 1.82) is 0 Å². The molecule has 13 heavy (non-hydrogen) atoms. The van der Waals surface area contributed by atoms with Gasteiger partial charge in [-0.1, -0.05) is 12.1 Å². The van der Waals surface area contributed by atoms with Gasteiger partial charge in [-0.2, -0.15) is 0 Å². The van der Waals surface area contributed by atoms with Crippen LogP contribution in [0.2, 0.25) is 0 Å². The predicted octanol–water partition coefficient (Wildman–Crippen LogP) is 1.40. The highest BCUT2D eigenvalue weighted by Crippen LogP contribution is 2.15. The van der Waals surface area contributed by atoms with Gasteiger partial charge in [0, 0.05) is 0 Å². The molecule has 70 valence electrons. The summed E-state index contributed by atoms with van der Waals surface area (Å²) in [5.41, 5.74) is 0.587. The second-order valence-corrected chi connectivity index (χ2v) is 3.01. The minimum Gasteiger partial charge on any atom is -0.477 e. The van der Waals surface area contributed by atoms with Gasteiger partial charge >= 0.3 is 0 Å². The Hall–Kier alpha value is -1.35. The number of ether oxygens (including phenoxy) is 1. The summed E-state index contributed by atoms with van der Waals surface area (Å²) >= 11 is 0. The number of benzene rings is 1. The van der Waals surface area contributed by atoms with E-state index in [9.17, 15) is 4.79 Å². The smallest absolute Gasteiger partial charge is 0.153 e. The van der Waals surface area contributed by atoms with E-state index in [1.165, 1.54) is 0 Å². The molecule has 1 aromatic carbocycles. The molecule has 0 atom stereocenters. The fourth-order valence-electron chi connectivity index (χ4n) is 0.908. The van der Waals surface area contributed by atoms with Crippen LogP contribution in [0.5, 0.6) is 5.75 Å². The summed E-state index contributed by atoms with van der Waals surface area (Å²) in [6, 6.07) is 7.18. The van der Waals surface area contributed by atoms with E-state index in [2.05, 4.69) is 0 Å². The van der Waals surface area contributed by atoms with Crippen LogP contribution in [0.25, 0.3) is 0 Å². The normalized spacial score (nSPS) is 10.1. The van der Waals surface area contributed by atoms with Crippen LogP contribution in [0.1, 0.15) is 10.4 Å². The highest BCUT2D eigenvalue weighted by molar-refractivity contribution is 5.79. The molecule has 0 heterocycles. The predicted molar refractivity (Wildman–Crippen MR) is 51.0 cm³/mol. The molecule has 1 aromatic rings. The molecule has 0 amide bonds. The van der Waals surface area contributed by atoms with Crippen LogP contribution in [0, 0.1) is 0 Å². The van der Waals surface area contributed by atoms with E-state index in [-0.39, 0.29) is 0 Å². The molecular weight excluding hydrogens is 166 g/mol. The molecule has 0 unspecified atom stereocenters. The molecular formula is C10H13NO2. The molecule has 0 radical (unpaired) electrons. The van der Waals surface area contributed by atoms with E-state index in [1.54, 1.807) is 12.1 Å². The van der Waals surface area contributed by atoms with Crippen LogP contribution in [0.15, 0.2) is 24.3 Å². The molecule has 3 heteroatoms. The number of hydrogen-bond donors (Lipinski definition) is 0. The van der Waals surface area contributed by atoms with Crippen LogP contribution in [-0.4, -0.2) is 32.0 Å². The molecule has 0 aliphatic carbocycles. The topological polar surface area (TPSA) is 29.5 Å². The minimum atomic E-state index is 0.477. The largest absolute Gasteiger partial charge is 0.477 e. The van der Waals surface area contributed by atoms with Crippen molar-refractivity contribution in [2.24, 2.45) is 0 Å². The van der Waals surface area contributed by atoms with E-state index >= 15 is 0 Å². The summed E-state index contributed by atoms with van der Waals surface area (Å²) in [4.78, 5) is 12.5. The average Bonchev–Trinajstić information content (AvgIpc) is 2.15. The van der Waals surface area contributed by atoms with Crippen molar-refractivity contribution in [3.8, 4) is 5.75 Å². The molecule has 0 N–H and O–H groups in total. The fraction of sp³-hybridized carbons (Fsp3) is 0.300. The zero-order chi connectivity index (χ0) is 9.68. The lowest BCUT2D eigenvalue weighted by Gasteiger charge is -2.12. The second kappa shape index (κ2) is 4.62. The number of rotatable bonds is 4. The maximum Gasteiger partial charge on any atom is 0.153 e. The average molecular weight is 179 g/mol. The highest BCUT2D eigenvalue weighted by atomic mass is 16.5. The summed E-state index contributed by atoms with van der Waals surface area (Å²) in [7, 11) is 3.81. The van der Waals surface area contributed by atoms with Crippen molar-refractivity contribution in [2.45, 2.75) is 0 Å². The lowest BCUT2D eigenvalue weighted by atomic mass is 10.2. The third-order valence-electron chi connectivity index (χ3n) is 1.52. The third kappa shape index (κ3) is 2.87. The van der Waals surface area contributed by atoms with Gasteiger partial charge in [-0.3, -0.25) is 9.69 Å². The van der Waals surface area contributed by atoms with Gasteiger partial charge < -0.3 is 4.74 Å². The maximum absolute atomic E-state index is 10.6. The zero-order valence-electron chi connectivity index (χ0n) is 7.86. The van der Waals surface area contributed by atoms with E-state index in [1.807, 2.05) is 31.1 Å². The van der Waals surface area contributed by atoms with Gasteiger partial charge in [0.2, 0.25) is 0 Å². The van der Waals surface area contributed by atoms with Gasteiger partial charge in [-0.25, -0.2) is 0 Å². The first-order valence-electron chi connectivity index (χ1n) is 4.06. The van der Waals surface area contributed by atoms with Gasteiger partial charge in [0.15, 0.2) is 6.29 Å². The van der Waals surface area contributed by atoms with Crippen LogP contribution >= 0.6 is 0 Å². The van der Waals surface area contributed by atoms with Crippen molar-refractivity contribution in [3.05, 3.63) is 29.8 Å². The first-order valence-corrected chi connectivity index (χ1v) is 4.06. The van der Waals surface area contributed by atoms with E-state index in [4.69, 9.17) is 4.74 Å². The van der Waals surface area contributed by atoms with Crippen molar-refractivity contribution >= 4 is 6.29 Å². The van der Waals surface area contributed by atoms with Crippen LogP contribution in [0.4, 0.5) is 0 Å². The Bertz CT molecular complexity index is 284. The van der Waals surface area contributed by atoms with Gasteiger partial charge in [0.05, 0.1) is 5.56 Å².